The molecule has 0 unspecified atom stereocenters. The Hall–Kier alpha value is -2.98. The zero-order valence-electron chi connectivity index (χ0n) is 16.2. The van der Waals surface area contributed by atoms with Gasteiger partial charge in [-0.3, -0.25) is 0 Å². The van der Waals surface area contributed by atoms with Gasteiger partial charge in [0.05, 0.1) is 36.0 Å². The predicted molar refractivity (Wildman–Crippen MR) is 104 cm³/mol. The van der Waals surface area contributed by atoms with Crippen LogP contribution >= 0.6 is 0 Å². The van der Waals surface area contributed by atoms with E-state index in [1.54, 1.807) is 19.2 Å². The molecule has 0 saturated carbocycles. The van der Waals surface area contributed by atoms with Gasteiger partial charge in [-0.25, -0.2) is 14.8 Å². The lowest BCUT2D eigenvalue weighted by atomic mass is 9.73. The van der Waals surface area contributed by atoms with Crippen LogP contribution in [0.3, 0.4) is 0 Å². The van der Waals surface area contributed by atoms with Crippen LogP contribution in [0.2, 0.25) is 0 Å². The van der Waals surface area contributed by atoms with Gasteiger partial charge in [0, 0.05) is 11.8 Å². The Morgan fingerprint density at radius 1 is 1.25 bits per heavy atom. The van der Waals surface area contributed by atoms with Gasteiger partial charge < -0.3 is 14.8 Å². The van der Waals surface area contributed by atoms with Crippen LogP contribution in [0.1, 0.15) is 42.7 Å². The number of hydrogen-bond acceptors (Lipinski definition) is 7. The van der Waals surface area contributed by atoms with E-state index in [2.05, 4.69) is 21.4 Å². The van der Waals surface area contributed by atoms with E-state index < -0.39 is 11.4 Å². The summed E-state index contributed by atoms with van der Waals surface area (Å²) in [4.78, 5) is 21.6. The topological polar surface area (TPSA) is 97.1 Å². The summed E-state index contributed by atoms with van der Waals surface area (Å²) in [5, 5.41) is 13.2. The van der Waals surface area contributed by atoms with Crippen molar-refractivity contribution in [2.45, 2.75) is 32.1 Å². The lowest BCUT2D eigenvalue weighted by Gasteiger charge is -2.32. The molecule has 1 saturated heterocycles. The number of esters is 1. The zero-order chi connectivity index (χ0) is 20.0. The Labute approximate surface area is 164 Å². The van der Waals surface area contributed by atoms with Crippen LogP contribution in [-0.2, 0) is 10.2 Å². The molecule has 1 N–H and O–H groups in total. The lowest BCUT2D eigenvalue weighted by Crippen LogP contribution is -2.40. The van der Waals surface area contributed by atoms with Crippen LogP contribution < -0.4 is 10.1 Å². The molecule has 2 aromatic heterocycles. The molecule has 1 aliphatic heterocycles. The van der Waals surface area contributed by atoms with E-state index in [1.165, 1.54) is 0 Å². The fourth-order valence-corrected chi connectivity index (χ4v) is 3.48. The molecule has 146 valence electrons. The Balaban J connectivity index is 2.13. The van der Waals surface area contributed by atoms with Crippen molar-refractivity contribution in [2.75, 3.05) is 26.3 Å². The summed E-state index contributed by atoms with van der Waals surface area (Å²) in [6.07, 6.45) is 2.89. The number of piperidine rings is 1. The second kappa shape index (κ2) is 8.81. The maximum absolute atomic E-state index is 12.7. The van der Waals surface area contributed by atoms with E-state index >= 15 is 0 Å². The third-order valence-corrected chi connectivity index (χ3v) is 4.88. The Bertz CT molecular complexity index is 885. The molecule has 28 heavy (non-hydrogen) atoms. The summed E-state index contributed by atoms with van der Waals surface area (Å²) in [5.41, 5.74) is 1.31. The van der Waals surface area contributed by atoms with Crippen molar-refractivity contribution in [3.63, 3.8) is 0 Å². The van der Waals surface area contributed by atoms with E-state index in [9.17, 15) is 10.1 Å². The second-order valence-corrected chi connectivity index (χ2v) is 6.55. The molecular formula is C21H24N4O3. The first kappa shape index (κ1) is 19.8. The summed E-state index contributed by atoms with van der Waals surface area (Å²) >= 11 is 0. The maximum atomic E-state index is 12.7. The van der Waals surface area contributed by atoms with Gasteiger partial charge in [0.15, 0.2) is 5.69 Å². The number of carbonyl (C=O) groups is 1. The highest BCUT2D eigenvalue weighted by Crippen LogP contribution is 2.36. The largest absolute Gasteiger partial charge is 0.477 e. The molecule has 2 aromatic rings. The van der Waals surface area contributed by atoms with Crippen molar-refractivity contribution in [1.29, 1.82) is 5.26 Å². The molecule has 1 aliphatic rings. The fourth-order valence-electron chi connectivity index (χ4n) is 3.48. The van der Waals surface area contributed by atoms with Crippen molar-refractivity contribution in [3.05, 3.63) is 41.7 Å². The Morgan fingerprint density at radius 3 is 2.71 bits per heavy atom. The van der Waals surface area contributed by atoms with E-state index in [1.807, 2.05) is 25.1 Å². The highest BCUT2D eigenvalue weighted by Gasteiger charge is 2.38. The van der Waals surface area contributed by atoms with Gasteiger partial charge in [-0.1, -0.05) is 6.07 Å². The average Bonchev–Trinajstić information content (AvgIpc) is 2.74. The first-order valence-electron chi connectivity index (χ1n) is 9.54. The number of ether oxygens (including phenoxy) is 2. The van der Waals surface area contributed by atoms with Crippen LogP contribution in [0.5, 0.6) is 5.88 Å². The molecule has 0 atom stereocenters. The van der Waals surface area contributed by atoms with Crippen molar-refractivity contribution in [2.24, 2.45) is 0 Å². The minimum atomic E-state index is -0.753. The number of carbonyl (C=O) groups excluding carboxylic acids is 1. The second-order valence-electron chi connectivity index (χ2n) is 6.55. The van der Waals surface area contributed by atoms with Gasteiger partial charge in [0.1, 0.15) is 0 Å². The minimum Gasteiger partial charge on any atom is -0.477 e. The van der Waals surface area contributed by atoms with E-state index in [4.69, 9.17) is 9.47 Å². The fraction of sp³-hybridized carbons (Fsp3) is 0.429. The van der Waals surface area contributed by atoms with Gasteiger partial charge in [-0.2, -0.15) is 5.26 Å². The van der Waals surface area contributed by atoms with E-state index in [0.29, 0.717) is 55.2 Å². The van der Waals surface area contributed by atoms with E-state index in [-0.39, 0.29) is 12.3 Å². The smallest absolute Gasteiger partial charge is 0.357 e. The number of nitriles is 1. The maximum Gasteiger partial charge on any atom is 0.357 e. The molecule has 3 rings (SSSR count). The summed E-state index contributed by atoms with van der Waals surface area (Å²) in [5.74, 6) is -0.0636. The molecular weight excluding hydrogens is 356 g/mol. The Kier molecular flexibility index (Phi) is 6.22. The number of rotatable bonds is 6. The van der Waals surface area contributed by atoms with Crippen molar-refractivity contribution in [1.82, 2.24) is 15.3 Å². The van der Waals surface area contributed by atoms with Crippen LogP contribution in [0.4, 0.5) is 0 Å². The van der Waals surface area contributed by atoms with Crippen molar-refractivity contribution in [3.8, 4) is 23.2 Å². The van der Waals surface area contributed by atoms with Crippen molar-refractivity contribution < 1.29 is 14.3 Å². The molecule has 1 fully saturated rings. The quantitative estimate of drug-likeness (QED) is 0.770. The van der Waals surface area contributed by atoms with Gasteiger partial charge in [-0.15, -0.1) is 0 Å². The van der Waals surface area contributed by atoms with Gasteiger partial charge >= 0.3 is 5.97 Å². The minimum absolute atomic E-state index is 0.189. The summed E-state index contributed by atoms with van der Waals surface area (Å²) in [6, 6.07) is 9.72. The molecule has 0 aromatic carbocycles. The first-order valence-corrected chi connectivity index (χ1v) is 9.54. The normalized spacial score (nSPS) is 15.5. The number of nitrogens with one attached hydrogen (secondary N) is 1. The number of pyridine rings is 2. The van der Waals surface area contributed by atoms with Crippen molar-refractivity contribution >= 4 is 5.97 Å². The van der Waals surface area contributed by atoms with Gasteiger partial charge in [0.25, 0.3) is 0 Å². The SMILES string of the molecule is CCOC(=O)c1nc(-c2cccnc2OCC)ccc1C1(C#N)CCNCC1. The number of hydrogen-bond donors (Lipinski definition) is 1. The van der Waals surface area contributed by atoms with E-state index in [0.717, 1.165) is 0 Å². The Morgan fingerprint density at radius 2 is 2.04 bits per heavy atom. The van der Waals surface area contributed by atoms with Crippen LogP contribution in [-0.4, -0.2) is 42.2 Å². The molecule has 0 aliphatic carbocycles. The third kappa shape index (κ3) is 3.82. The van der Waals surface area contributed by atoms with Crippen LogP contribution in [0, 0.1) is 11.3 Å². The standard InChI is InChI=1S/C21H24N4O3/c1-3-27-19-15(6-5-11-24-19)17-8-7-16(18(25-17)20(26)28-4-2)21(14-22)9-12-23-13-10-21/h5-8,11,23H,3-4,9-10,12-13H2,1-2H3. The monoisotopic (exact) mass is 380 g/mol. The average molecular weight is 380 g/mol. The summed E-state index contributed by atoms with van der Waals surface area (Å²) in [7, 11) is 0. The highest BCUT2D eigenvalue weighted by atomic mass is 16.5. The first-order chi connectivity index (χ1) is 13.6. The molecule has 7 nitrogen and oxygen atoms in total. The third-order valence-electron chi connectivity index (χ3n) is 4.88. The number of aromatic nitrogens is 2. The lowest BCUT2D eigenvalue weighted by molar-refractivity contribution is 0.0516. The molecule has 0 amide bonds. The van der Waals surface area contributed by atoms with Gasteiger partial charge in [0.2, 0.25) is 5.88 Å². The molecule has 0 radical (unpaired) electrons. The summed E-state index contributed by atoms with van der Waals surface area (Å²) in [6.45, 7) is 5.77. The molecule has 0 bridgehead atoms. The molecule has 7 heteroatoms. The molecule has 0 spiro atoms. The molecule has 3 heterocycles. The van der Waals surface area contributed by atoms with Crippen LogP contribution in [0.25, 0.3) is 11.3 Å². The number of nitrogens with zero attached hydrogens (tertiary/aromatic N) is 3. The highest BCUT2D eigenvalue weighted by molar-refractivity contribution is 5.90. The van der Waals surface area contributed by atoms with Gasteiger partial charge in [-0.05, 0) is 58.0 Å². The zero-order valence-corrected chi connectivity index (χ0v) is 16.2. The van der Waals surface area contributed by atoms with Crippen LogP contribution in [0.15, 0.2) is 30.5 Å². The predicted octanol–water partition coefficient (Wildman–Crippen LogP) is 2.86. The summed E-state index contributed by atoms with van der Waals surface area (Å²) < 4.78 is 10.8.